The molecule has 1 aromatic rings. The minimum absolute atomic E-state index is 0.182. The van der Waals surface area contributed by atoms with Crippen molar-refractivity contribution >= 4 is 10.0 Å². The first-order chi connectivity index (χ1) is 9.21. The molecule has 1 aromatic carbocycles. The van der Waals surface area contributed by atoms with Gasteiger partial charge < -0.3 is 5.11 Å². The molecule has 0 spiro atoms. The van der Waals surface area contributed by atoms with E-state index in [0.29, 0.717) is 30.5 Å². The smallest absolute Gasteiger partial charge is 0.243 e. The van der Waals surface area contributed by atoms with E-state index in [0.717, 1.165) is 0 Å². The molecule has 20 heavy (non-hydrogen) atoms. The standard InChI is InChI=1S/C14H20FNO3S/c1-9-4-12(15)5-10(2)14(9)20(18,19)16(3)8-11-6-13(17)7-11/h4-5,11,13,17H,6-8H2,1-3H3. The summed E-state index contributed by atoms with van der Waals surface area (Å²) < 4.78 is 39.7. The Balaban J connectivity index is 2.26. The Morgan fingerprint density at radius 2 is 1.80 bits per heavy atom. The second-order valence-corrected chi connectivity index (χ2v) is 7.63. The second-order valence-electron chi connectivity index (χ2n) is 5.65. The highest BCUT2D eigenvalue weighted by molar-refractivity contribution is 7.89. The average molecular weight is 301 g/mol. The van der Waals surface area contributed by atoms with Crippen molar-refractivity contribution in [3.8, 4) is 0 Å². The van der Waals surface area contributed by atoms with E-state index in [4.69, 9.17) is 0 Å². The Morgan fingerprint density at radius 3 is 2.25 bits per heavy atom. The molecule has 0 saturated heterocycles. The summed E-state index contributed by atoms with van der Waals surface area (Å²) in [6, 6.07) is 2.47. The monoisotopic (exact) mass is 301 g/mol. The van der Waals surface area contributed by atoms with Crippen LogP contribution < -0.4 is 0 Å². The maximum absolute atomic E-state index is 13.3. The van der Waals surface area contributed by atoms with Crippen molar-refractivity contribution in [2.24, 2.45) is 5.92 Å². The molecule has 112 valence electrons. The van der Waals surface area contributed by atoms with Crippen LogP contribution >= 0.6 is 0 Å². The van der Waals surface area contributed by atoms with Crippen LogP contribution in [0.3, 0.4) is 0 Å². The summed E-state index contributed by atoms with van der Waals surface area (Å²) in [6.07, 6.45) is 0.980. The Kier molecular flexibility index (Phi) is 4.18. The molecule has 6 heteroatoms. The molecule has 0 radical (unpaired) electrons. The van der Waals surface area contributed by atoms with Crippen molar-refractivity contribution in [2.45, 2.75) is 37.7 Å². The minimum atomic E-state index is -3.62. The third-order valence-electron chi connectivity index (χ3n) is 3.82. The van der Waals surface area contributed by atoms with Crippen molar-refractivity contribution in [3.63, 3.8) is 0 Å². The highest BCUT2D eigenvalue weighted by Crippen LogP contribution is 2.30. The van der Waals surface area contributed by atoms with Crippen LogP contribution in [-0.4, -0.2) is 37.5 Å². The lowest BCUT2D eigenvalue weighted by Gasteiger charge is -2.34. The topological polar surface area (TPSA) is 57.6 Å². The fraction of sp³-hybridized carbons (Fsp3) is 0.571. The van der Waals surface area contributed by atoms with Gasteiger partial charge in [-0.2, -0.15) is 0 Å². The van der Waals surface area contributed by atoms with Gasteiger partial charge in [-0.05, 0) is 55.9 Å². The van der Waals surface area contributed by atoms with E-state index < -0.39 is 15.8 Å². The number of nitrogens with zero attached hydrogens (tertiary/aromatic N) is 1. The van der Waals surface area contributed by atoms with Crippen LogP contribution in [0.15, 0.2) is 17.0 Å². The summed E-state index contributed by atoms with van der Waals surface area (Å²) in [5.74, 6) is -0.227. The highest BCUT2D eigenvalue weighted by Gasteiger charge is 2.32. The van der Waals surface area contributed by atoms with Gasteiger partial charge in [0.2, 0.25) is 10.0 Å². The van der Waals surface area contributed by atoms with Crippen molar-refractivity contribution < 1.29 is 17.9 Å². The summed E-state index contributed by atoms with van der Waals surface area (Å²) >= 11 is 0. The molecule has 0 atom stereocenters. The fourth-order valence-electron chi connectivity index (χ4n) is 2.77. The quantitative estimate of drug-likeness (QED) is 0.923. The van der Waals surface area contributed by atoms with Crippen molar-refractivity contribution in [2.75, 3.05) is 13.6 Å². The molecule has 0 aliphatic heterocycles. The van der Waals surface area contributed by atoms with E-state index in [9.17, 15) is 17.9 Å². The average Bonchev–Trinajstić information content (AvgIpc) is 2.24. The number of aliphatic hydroxyl groups excluding tert-OH is 1. The molecule has 1 saturated carbocycles. The fourth-order valence-corrected chi connectivity index (χ4v) is 4.42. The van der Waals surface area contributed by atoms with Crippen molar-refractivity contribution in [1.82, 2.24) is 4.31 Å². The van der Waals surface area contributed by atoms with E-state index in [-0.39, 0.29) is 16.9 Å². The zero-order valence-corrected chi connectivity index (χ0v) is 12.7. The third-order valence-corrected chi connectivity index (χ3v) is 5.95. The predicted octanol–water partition coefficient (Wildman–Crippen LogP) is 1.83. The van der Waals surface area contributed by atoms with Crippen LogP contribution in [0, 0.1) is 25.6 Å². The summed E-state index contributed by atoms with van der Waals surface area (Å²) in [4.78, 5) is 0.182. The molecule has 1 aliphatic carbocycles. The number of hydrogen-bond acceptors (Lipinski definition) is 3. The van der Waals surface area contributed by atoms with E-state index in [1.165, 1.54) is 23.5 Å². The van der Waals surface area contributed by atoms with Gasteiger partial charge in [-0.1, -0.05) is 0 Å². The normalized spacial score (nSPS) is 22.9. The molecular weight excluding hydrogens is 281 g/mol. The number of hydrogen-bond donors (Lipinski definition) is 1. The zero-order valence-electron chi connectivity index (χ0n) is 11.9. The Labute approximate surface area is 119 Å². The summed E-state index contributed by atoms with van der Waals surface area (Å²) in [7, 11) is -2.09. The zero-order chi connectivity index (χ0) is 15.1. The van der Waals surface area contributed by atoms with E-state index in [1.807, 2.05) is 0 Å². The lowest BCUT2D eigenvalue weighted by Crippen LogP contribution is -2.39. The number of aliphatic hydroxyl groups is 1. The van der Waals surface area contributed by atoms with Gasteiger partial charge in [-0.15, -0.1) is 0 Å². The molecule has 0 amide bonds. The Morgan fingerprint density at radius 1 is 1.30 bits per heavy atom. The Hall–Kier alpha value is -0.980. The van der Waals surface area contributed by atoms with Gasteiger partial charge in [-0.3, -0.25) is 0 Å². The second kappa shape index (κ2) is 5.42. The van der Waals surface area contributed by atoms with Gasteiger partial charge in [0.1, 0.15) is 5.82 Å². The molecule has 1 fully saturated rings. The van der Waals surface area contributed by atoms with Crippen molar-refractivity contribution in [3.05, 3.63) is 29.1 Å². The molecule has 2 rings (SSSR count). The molecule has 0 unspecified atom stereocenters. The first-order valence-corrected chi connectivity index (χ1v) is 8.07. The van der Waals surface area contributed by atoms with Crippen LogP contribution in [0.4, 0.5) is 4.39 Å². The minimum Gasteiger partial charge on any atom is -0.393 e. The van der Waals surface area contributed by atoms with Gasteiger partial charge in [0.25, 0.3) is 0 Å². The maximum Gasteiger partial charge on any atom is 0.243 e. The number of benzene rings is 1. The van der Waals surface area contributed by atoms with Crippen LogP contribution in [0.25, 0.3) is 0 Å². The highest BCUT2D eigenvalue weighted by atomic mass is 32.2. The number of rotatable bonds is 4. The first-order valence-electron chi connectivity index (χ1n) is 6.63. The van der Waals surface area contributed by atoms with Crippen LogP contribution in [0.2, 0.25) is 0 Å². The summed E-state index contributed by atoms with van der Waals surface area (Å²) in [6.45, 7) is 3.59. The molecule has 1 aliphatic rings. The van der Waals surface area contributed by atoms with Gasteiger partial charge in [-0.25, -0.2) is 17.1 Å². The lowest BCUT2D eigenvalue weighted by molar-refractivity contribution is 0.0367. The number of halogens is 1. The predicted molar refractivity (Wildman–Crippen MR) is 74.4 cm³/mol. The Bertz CT molecular complexity index is 586. The maximum atomic E-state index is 13.3. The van der Waals surface area contributed by atoms with Crippen LogP contribution in [0.5, 0.6) is 0 Å². The number of sulfonamides is 1. The van der Waals surface area contributed by atoms with E-state index in [2.05, 4.69) is 0 Å². The van der Waals surface area contributed by atoms with Gasteiger partial charge >= 0.3 is 0 Å². The summed E-state index contributed by atoms with van der Waals surface area (Å²) in [5, 5.41) is 9.26. The van der Waals surface area contributed by atoms with Gasteiger partial charge in [0.15, 0.2) is 0 Å². The molecular formula is C14H20FNO3S. The molecule has 0 aromatic heterocycles. The third kappa shape index (κ3) is 2.87. The molecule has 0 bridgehead atoms. The van der Waals surface area contributed by atoms with Gasteiger partial charge in [0, 0.05) is 13.6 Å². The lowest BCUT2D eigenvalue weighted by atomic mass is 9.82. The molecule has 4 nitrogen and oxygen atoms in total. The van der Waals surface area contributed by atoms with Gasteiger partial charge in [0.05, 0.1) is 11.0 Å². The van der Waals surface area contributed by atoms with Crippen LogP contribution in [-0.2, 0) is 10.0 Å². The molecule has 0 heterocycles. The summed E-state index contributed by atoms with van der Waals surface area (Å²) in [5.41, 5.74) is 0.839. The van der Waals surface area contributed by atoms with Crippen molar-refractivity contribution in [1.29, 1.82) is 0 Å². The van der Waals surface area contributed by atoms with E-state index in [1.54, 1.807) is 13.8 Å². The number of aryl methyl sites for hydroxylation is 2. The molecule has 1 N–H and O–H groups in total. The first kappa shape index (κ1) is 15.4. The van der Waals surface area contributed by atoms with E-state index >= 15 is 0 Å². The SMILES string of the molecule is Cc1cc(F)cc(C)c1S(=O)(=O)N(C)CC1CC(O)C1. The van der Waals surface area contributed by atoms with Crippen LogP contribution in [0.1, 0.15) is 24.0 Å². The largest absolute Gasteiger partial charge is 0.393 e.